The van der Waals surface area contributed by atoms with Gasteiger partial charge in [0.05, 0.1) is 25.9 Å². The van der Waals surface area contributed by atoms with Crippen molar-refractivity contribution in [3.8, 4) is 0 Å². The maximum Gasteiger partial charge on any atom is 0.317 e. The number of hydrogen-bond acceptors (Lipinski definition) is 4. The molecule has 18 heavy (non-hydrogen) atoms. The van der Waals surface area contributed by atoms with Crippen molar-refractivity contribution < 1.29 is 15.0 Å². The Morgan fingerprint density at radius 1 is 1.50 bits per heavy atom. The van der Waals surface area contributed by atoms with E-state index in [1.54, 1.807) is 10.9 Å². The highest BCUT2D eigenvalue weighted by atomic mass is 16.4. The summed E-state index contributed by atoms with van der Waals surface area (Å²) >= 11 is 0. The lowest BCUT2D eigenvalue weighted by Gasteiger charge is -2.33. The fraction of sp³-hybridized carbons (Fsp3) is 0.667. The summed E-state index contributed by atoms with van der Waals surface area (Å²) in [5, 5.41) is 21.8. The summed E-state index contributed by atoms with van der Waals surface area (Å²) in [6.45, 7) is 6.96. The van der Waals surface area contributed by atoms with Crippen molar-refractivity contribution >= 4 is 5.97 Å². The van der Waals surface area contributed by atoms with E-state index in [0.29, 0.717) is 13.1 Å². The summed E-state index contributed by atoms with van der Waals surface area (Å²) in [5.74, 6) is -0.840. The molecule has 6 nitrogen and oxygen atoms in total. The van der Waals surface area contributed by atoms with Gasteiger partial charge in [-0.3, -0.25) is 14.4 Å². The van der Waals surface area contributed by atoms with Crippen LogP contribution in [0.5, 0.6) is 0 Å². The first kappa shape index (κ1) is 14.7. The molecule has 1 rings (SSSR count). The van der Waals surface area contributed by atoms with E-state index in [-0.39, 0.29) is 18.7 Å². The van der Waals surface area contributed by atoms with Gasteiger partial charge < -0.3 is 10.2 Å². The minimum atomic E-state index is -0.840. The average molecular weight is 255 g/mol. The van der Waals surface area contributed by atoms with Crippen molar-refractivity contribution in [3.05, 3.63) is 18.0 Å². The van der Waals surface area contributed by atoms with Crippen LogP contribution in [0.2, 0.25) is 0 Å². The summed E-state index contributed by atoms with van der Waals surface area (Å²) in [4.78, 5) is 12.7. The molecule has 1 aromatic rings. The number of carboxylic acids is 1. The normalized spacial score (nSPS) is 12.1. The Kier molecular flexibility index (Phi) is 4.86. The van der Waals surface area contributed by atoms with Gasteiger partial charge in [-0.05, 0) is 20.8 Å². The van der Waals surface area contributed by atoms with Crippen molar-refractivity contribution in [2.75, 3.05) is 13.2 Å². The van der Waals surface area contributed by atoms with Crippen molar-refractivity contribution in [2.45, 2.75) is 39.4 Å². The smallest absolute Gasteiger partial charge is 0.317 e. The first-order valence-corrected chi connectivity index (χ1v) is 5.92. The molecule has 0 aliphatic carbocycles. The molecule has 0 aliphatic rings. The number of hydrogen-bond donors (Lipinski definition) is 2. The lowest BCUT2D eigenvalue weighted by molar-refractivity contribution is -0.139. The molecule has 0 radical (unpaired) electrons. The van der Waals surface area contributed by atoms with Crippen LogP contribution in [0, 0.1) is 0 Å². The van der Waals surface area contributed by atoms with Crippen LogP contribution in [0.1, 0.15) is 26.3 Å². The van der Waals surface area contributed by atoms with Crippen molar-refractivity contribution in [1.82, 2.24) is 14.7 Å². The zero-order valence-electron chi connectivity index (χ0n) is 11.1. The predicted molar refractivity (Wildman–Crippen MR) is 67.1 cm³/mol. The van der Waals surface area contributed by atoms with E-state index < -0.39 is 5.97 Å². The molecular weight excluding hydrogens is 234 g/mol. The Labute approximate surface area is 107 Å². The third-order valence-electron chi connectivity index (χ3n) is 2.66. The maximum absolute atomic E-state index is 10.9. The number of carboxylic acid groups (broad SMARTS) is 1. The van der Waals surface area contributed by atoms with Crippen molar-refractivity contribution in [3.63, 3.8) is 0 Å². The van der Waals surface area contributed by atoms with E-state index in [1.165, 1.54) is 0 Å². The van der Waals surface area contributed by atoms with Crippen LogP contribution < -0.4 is 0 Å². The van der Waals surface area contributed by atoms with Gasteiger partial charge >= 0.3 is 5.97 Å². The molecule has 6 heteroatoms. The molecule has 0 saturated heterocycles. The Hall–Kier alpha value is -1.40. The van der Waals surface area contributed by atoms with Crippen LogP contribution in [-0.4, -0.2) is 49.6 Å². The van der Waals surface area contributed by atoms with Crippen molar-refractivity contribution in [2.24, 2.45) is 0 Å². The van der Waals surface area contributed by atoms with Gasteiger partial charge in [-0.25, -0.2) is 0 Å². The largest absolute Gasteiger partial charge is 0.480 e. The van der Waals surface area contributed by atoms with Gasteiger partial charge in [-0.15, -0.1) is 0 Å². The highest BCUT2D eigenvalue weighted by Crippen LogP contribution is 2.16. The molecule has 0 aromatic carbocycles. The van der Waals surface area contributed by atoms with Gasteiger partial charge in [0, 0.05) is 23.8 Å². The molecule has 1 aromatic heterocycles. The average Bonchev–Trinajstić information content (AvgIpc) is 2.63. The van der Waals surface area contributed by atoms with Crippen LogP contribution in [0.15, 0.2) is 12.4 Å². The van der Waals surface area contributed by atoms with E-state index in [9.17, 15) is 4.79 Å². The fourth-order valence-corrected chi connectivity index (χ4v) is 1.63. The number of aromatic nitrogens is 2. The third-order valence-corrected chi connectivity index (χ3v) is 2.66. The van der Waals surface area contributed by atoms with Crippen LogP contribution in [0.4, 0.5) is 0 Å². The number of nitrogens with zero attached hydrogens (tertiary/aromatic N) is 3. The molecule has 102 valence electrons. The molecule has 0 saturated carbocycles. The van der Waals surface area contributed by atoms with Crippen LogP contribution in [-0.2, 0) is 17.9 Å². The second-order valence-corrected chi connectivity index (χ2v) is 5.26. The molecule has 1 heterocycles. The molecular formula is C12H21N3O3. The molecule has 0 bridgehead atoms. The summed E-state index contributed by atoms with van der Waals surface area (Å²) in [6.07, 6.45) is 3.53. The Balaban J connectivity index is 2.72. The van der Waals surface area contributed by atoms with Gasteiger partial charge in [-0.1, -0.05) is 0 Å². The minimum Gasteiger partial charge on any atom is -0.480 e. The number of aliphatic hydroxyl groups is 1. The second-order valence-electron chi connectivity index (χ2n) is 5.26. The Morgan fingerprint density at radius 3 is 2.67 bits per heavy atom. The molecule has 0 aliphatic heterocycles. The highest BCUT2D eigenvalue weighted by molar-refractivity contribution is 5.69. The Bertz CT molecular complexity index is 396. The third kappa shape index (κ3) is 4.46. The number of aliphatic carboxylic acids is 1. The molecule has 0 fully saturated rings. The first-order valence-electron chi connectivity index (χ1n) is 5.92. The van der Waals surface area contributed by atoms with E-state index >= 15 is 0 Å². The standard InChI is InChI=1S/C12H21N3O3/c1-12(2,3)14(9-11(17)18)7-10-6-13-15(8-10)4-5-16/h6,8,16H,4-5,7,9H2,1-3H3,(H,17,18). The molecule has 2 N–H and O–H groups in total. The topological polar surface area (TPSA) is 78.6 Å². The molecule has 0 unspecified atom stereocenters. The number of aliphatic hydroxyl groups excluding tert-OH is 1. The minimum absolute atomic E-state index is 0.00528. The monoisotopic (exact) mass is 255 g/mol. The van der Waals surface area contributed by atoms with Crippen LogP contribution in [0.25, 0.3) is 0 Å². The van der Waals surface area contributed by atoms with E-state index in [4.69, 9.17) is 10.2 Å². The summed E-state index contributed by atoms with van der Waals surface area (Å²) < 4.78 is 1.65. The maximum atomic E-state index is 10.9. The van der Waals surface area contributed by atoms with Gasteiger partial charge in [0.15, 0.2) is 0 Å². The van der Waals surface area contributed by atoms with Gasteiger partial charge in [0.25, 0.3) is 0 Å². The first-order chi connectivity index (χ1) is 8.32. The summed E-state index contributed by atoms with van der Waals surface area (Å²) in [7, 11) is 0. The fourth-order valence-electron chi connectivity index (χ4n) is 1.63. The number of carbonyl (C=O) groups is 1. The van der Waals surface area contributed by atoms with E-state index in [0.717, 1.165) is 5.56 Å². The van der Waals surface area contributed by atoms with Gasteiger partial charge in [-0.2, -0.15) is 5.10 Å². The Morgan fingerprint density at radius 2 is 2.17 bits per heavy atom. The van der Waals surface area contributed by atoms with Gasteiger partial charge in [0.1, 0.15) is 0 Å². The molecule has 0 atom stereocenters. The van der Waals surface area contributed by atoms with E-state index in [2.05, 4.69) is 5.10 Å². The molecule has 0 spiro atoms. The summed E-state index contributed by atoms with van der Waals surface area (Å²) in [6, 6.07) is 0. The lowest BCUT2D eigenvalue weighted by atomic mass is 10.1. The van der Waals surface area contributed by atoms with Crippen LogP contribution in [0.3, 0.4) is 0 Å². The zero-order chi connectivity index (χ0) is 13.8. The highest BCUT2D eigenvalue weighted by Gasteiger charge is 2.23. The van der Waals surface area contributed by atoms with Crippen molar-refractivity contribution in [1.29, 1.82) is 0 Å². The number of rotatable bonds is 6. The quantitative estimate of drug-likeness (QED) is 0.776. The van der Waals surface area contributed by atoms with E-state index in [1.807, 2.05) is 31.9 Å². The summed E-state index contributed by atoms with van der Waals surface area (Å²) in [5.41, 5.74) is 0.719. The second kappa shape index (κ2) is 5.97. The van der Waals surface area contributed by atoms with Crippen LogP contribution >= 0.6 is 0 Å². The van der Waals surface area contributed by atoms with Gasteiger partial charge in [0.2, 0.25) is 0 Å². The lowest BCUT2D eigenvalue weighted by Crippen LogP contribution is -2.43. The molecule has 0 amide bonds. The zero-order valence-corrected chi connectivity index (χ0v) is 11.1. The predicted octanol–water partition coefficient (Wildman–Crippen LogP) is 0.560. The SMILES string of the molecule is CC(C)(C)N(CC(=O)O)Cc1cnn(CCO)c1.